The number of rotatable bonds is 0. The summed E-state index contributed by atoms with van der Waals surface area (Å²) in [6.07, 6.45) is 0. The number of hydrogen-bond donors (Lipinski definition) is 0. The molecule has 0 amide bonds. The van der Waals surface area contributed by atoms with Crippen molar-refractivity contribution in [3.63, 3.8) is 0 Å². The molecule has 0 aromatic rings. The zero-order valence-corrected chi connectivity index (χ0v) is 5.14. The van der Waals surface area contributed by atoms with Crippen LogP contribution in [0, 0.1) is 0 Å². The second kappa shape index (κ2) is 1.18. The van der Waals surface area contributed by atoms with Crippen LogP contribution in [0.4, 0.5) is 0 Å². The molecule has 1 aliphatic rings. The average Bonchev–Trinajstić information content (AvgIpc) is 0.722. The summed E-state index contributed by atoms with van der Waals surface area (Å²) in [5, 5.41) is 0. The Labute approximate surface area is 36.3 Å². The molecule has 1 rings (SSSR count). The van der Waals surface area contributed by atoms with Gasteiger partial charge in [0.15, 0.2) is 0 Å². The molecule has 0 aromatic heterocycles. The second-order valence-corrected chi connectivity index (χ2v) is 4.87. The summed E-state index contributed by atoms with van der Waals surface area (Å²) < 4.78 is 7.75. The molecule has 0 saturated heterocycles. The monoisotopic (exact) mass is 188 g/mol. The van der Waals surface area contributed by atoms with E-state index in [0.29, 0.717) is 30.0 Å². The predicted molar refractivity (Wildman–Crippen MR) is 16.4 cm³/mol. The van der Waals surface area contributed by atoms with Gasteiger partial charge >= 0.3 is 35.9 Å². The minimum absolute atomic E-state index is 0.375. The van der Waals surface area contributed by atoms with Crippen molar-refractivity contribution in [3.05, 3.63) is 0 Å². The molecule has 0 saturated carbocycles. The summed E-state index contributed by atoms with van der Waals surface area (Å²) in [5.74, 6) is 0. The zero-order chi connectivity index (χ0) is 2.83. The van der Waals surface area contributed by atoms with E-state index in [0.717, 1.165) is 0 Å². The van der Waals surface area contributed by atoms with Gasteiger partial charge < -0.3 is 0 Å². The summed E-state index contributed by atoms with van der Waals surface area (Å²) in [7, 11) is 0. The number of nitrogens with zero attached hydrogens (tertiary/aromatic N) is 2. The van der Waals surface area contributed by atoms with Crippen LogP contribution < -0.4 is 0 Å². The Balaban J connectivity index is 2.67. The van der Waals surface area contributed by atoms with Crippen LogP contribution in [0.15, 0.2) is 5.96 Å². The topological polar surface area (TPSA) is 24.7 Å². The maximum atomic E-state index is 3.88. The molecule has 0 spiro atoms. The van der Waals surface area contributed by atoms with E-state index in [1.807, 2.05) is 0 Å². The predicted octanol–water partition coefficient (Wildman–Crippen LogP) is -0.394. The molecular weight excluding hydrogens is 186 g/mol. The van der Waals surface area contributed by atoms with Crippen LogP contribution in [0.1, 0.15) is 0 Å². The van der Waals surface area contributed by atoms with Gasteiger partial charge in [0, 0.05) is 0 Å². The Hall–Kier alpha value is 0.639. The molecule has 0 unspecified atom stereocenters. The first-order chi connectivity index (χ1) is 2.00. The summed E-state index contributed by atoms with van der Waals surface area (Å²) in [6.45, 7) is 0. The van der Waals surface area contributed by atoms with Crippen LogP contribution in [0.3, 0.4) is 0 Å². The molecular formula is N2Se2+2. The first kappa shape index (κ1) is 2.85. The summed E-state index contributed by atoms with van der Waals surface area (Å²) in [5.41, 5.74) is 0. The third-order valence-electron chi connectivity index (χ3n) is 0.133. The summed E-state index contributed by atoms with van der Waals surface area (Å²) in [4.78, 5) is 0. The van der Waals surface area contributed by atoms with E-state index in [1.54, 1.807) is 0 Å². The fraction of sp³-hybridized carbons (Fsp3) is 0. The van der Waals surface area contributed by atoms with E-state index in [1.165, 1.54) is 0 Å². The second-order valence-electron chi connectivity index (χ2n) is 0.312. The molecule has 0 aromatic carbocycles. The van der Waals surface area contributed by atoms with E-state index in [4.69, 9.17) is 0 Å². The van der Waals surface area contributed by atoms with Crippen LogP contribution >= 0.6 is 0 Å². The maximum absolute atomic E-state index is 3.88. The molecule has 0 bridgehead atoms. The standard InChI is InChI=1S/N2Se2/c1-3-2-4-1/q+2. The van der Waals surface area contributed by atoms with E-state index < -0.39 is 0 Å². The third-order valence-corrected chi connectivity index (χ3v) is 3.60. The van der Waals surface area contributed by atoms with Gasteiger partial charge in [-0.1, -0.05) is 0 Å². The van der Waals surface area contributed by atoms with E-state index in [2.05, 4.69) is 5.96 Å². The van der Waals surface area contributed by atoms with Crippen molar-refractivity contribution in [1.82, 2.24) is 0 Å². The Kier molecular flexibility index (Phi) is 0.840. The Morgan fingerprint density at radius 3 is 1.25 bits per heavy atom. The molecule has 1 aliphatic heterocycles. The van der Waals surface area contributed by atoms with Gasteiger partial charge in [-0.2, -0.15) is 0 Å². The Morgan fingerprint density at radius 1 is 1.00 bits per heavy atom. The Bertz CT molecular complexity index is 44.4. The summed E-state index contributed by atoms with van der Waals surface area (Å²) >= 11 is 0.750. The van der Waals surface area contributed by atoms with Crippen molar-refractivity contribution in [2.75, 3.05) is 0 Å². The molecule has 4 heteroatoms. The average molecular weight is 186 g/mol. The normalized spacial score (nSPS) is 16.0. The first-order valence-corrected chi connectivity index (χ1v) is 3.79. The van der Waals surface area contributed by atoms with Crippen molar-refractivity contribution >= 4 is 30.0 Å². The van der Waals surface area contributed by atoms with Gasteiger partial charge in [0.25, 0.3) is 0 Å². The molecule has 0 aliphatic carbocycles. The molecule has 0 N–H and O–H groups in total. The van der Waals surface area contributed by atoms with Crippen LogP contribution in [-0.4, -0.2) is 30.0 Å². The molecule has 0 fully saturated rings. The zero-order valence-electron chi connectivity index (χ0n) is 1.71. The van der Waals surface area contributed by atoms with Crippen LogP contribution in [0.5, 0.6) is 0 Å². The molecule has 0 atom stereocenters. The van der Waals surface area contributed by atoms with Crippen LogP contribution in [0.2, 0.25) is 0 Å². The van der Waals surface area contributed by atoms with Crippen LogP contribution in [0.25, 0.3) is 0 Å². The van der Waals surface area contributed by atoms with Crippen LogP contribution in [-0.2, 0) is 0 Å². The van der Waals surface area contributed by atoms with Crippen molar-refractivity contribution in [2.45, 2.75) is 0 Å². The molecule has 0 radical (unpaired) electrons. The number of hydrogen-bond acceptors (Lipinski definition) is 2. The van der Waals surface area contributed by atoms with Gasteiger partial charge in [-0.25, -0.2) is 0 Å². The fourth-order valence-corrected chi connectivity index (χ4v) is 0.900. The van der Waals surface area contributed by atoms with E-state index in [-0.39, 0.29) is 0 Å². The van der Waals surface area contributed by atoms with Gasteiger partial charge in [-0.15, -0.1) is 0 Å². The van der Waals surface area contributed by atoms with E-state index in [9.17, 15) is 0 Å². The summed E-state index contributed by atoms with van der Waals surface area (Å²) in [6, 6.07) is 0. The van der Waals surface area contributed by atoms with Crippen molar-refractivity contribution in [2.24, 2.45) is 5.96 Å². The molecule has 20 valence electrons. The van der Waals surface area contributed by atoms with E-state index >= 15 is 0 Å². The van der Waals surface area contributed by atoms with Gasteiger partial charge in [0.2, 0.25) is 0 Å². The Morgan fingerprint density at radius 2 is 1.25 bits per heavy atom. The fourth-order valence-electron chi connectivity index (χ4n) is 0.0333. The molecule has 4 heavy (non-hydrogen) atoms. The van der Waals surface area contributed by atoms with Crippen molar-refractivity contribution < 1.29 is 0 Å². The molecule has 2 nitrogen and oxygen atoms in total. The van der Waals surface area contributed by atoms with Gasteiger partial charge in [-0.05, 0) is 0 Å². The van der Waals surface area contributed by atoms with Gasteiger partial charge in [-0.3, -0.25) is 0 Å². The minimum atomic E-state index is 0.375. The van der Waals surface area contributed by atoms with Gasteiger partial charge in [0.1, 0.15) is 0 Å². The SMILES string of the molecule is N1=[Se+]N=[Se+]1. The van der Waals surface area contributed by atoms with Gasteiger partial charge in [0.05, 0.1) is 0 Å². The first-order valence-electron chi connectivity index (χ1n) is 0.730. The van der Waals surface area contributed by atoms with Crippen molar-refractivity contribution in [3.8, 4) is 0 Å². The van der Waals surface area contributed by atoms with Crippen molar-refractivity contribution in [1.29, 1.82) is 0 Å². The third kappa shape index (κ3) is 0.329. The quantitative estimate of drug-likeness (QED) is 0.460. The molecule has 1 heterocycles.